The van der Waals surface area contributed by atoms with Crippen LogP contribution >= 0.6 is 27.5 Å². The minimum atomic E-state index is -0.00537. The molecule has 0 saturated carbocycles. The molecule has 2 aromatic carbocycles. The lowest BCUT2D eigenvalue weighted by molar-refractivity contribution is 0.727. The first-order chi connectivity index (χ1) is 9.00. The van der Waals surface area contributed by atoms with Crippen molar-refractivity contribution in [3.05, 3.63) is 69.2 Å². The summed E-state index contributed by atoms with van der Waals surface area (Å²) in [5, 5.41) is -0.00537. The Labute approximate surface area is 128 Å². The van der Waals surface area contributed by atoms with Gasteiger partial charge in [-0.2, -0.15) is 0 Å². The van der Waals surface area contributed by atoms with Gasteiger partial charge in [-0.25, -0.2) is 0 Å². The van der Waals surface area contributed by atoms with E-state index in [4.69, 9.17) is 11.6 Å². The van der Waals surface area contributed by atoms with Gasteiger partial charge in [0.1, 0.15) is 0 Å². The van der Waals surface area contributed by atoms with E-state index in [2.05, 4.69) is 73.1 Å². The standard InChI is InChI=1S/C17H18BrCl/c1-11-10-16(18)12(2)9-15(11)17(19)13(3)14-7-5-4-6-8-14/h4-10,13,17H,1-3H3. The predicted octanol–water partition coefficient (Wildman–Crippen LogP) is 6.15. The Morgan fingerprint density at radius 3 is 2.26 bits per heavy atom. The Morgan fingerprint density at radius 1 is 1.00 bits per heavy atom. The summed E-state index contributed by atoms with van der Waals surface area (Å²) < 4.78 is 1.14. The van der Waals surface area contributed by atoms with Crippen molar-refractivity contribution >= 4 is 27.5 Å². The molecule has 0 aliphatic heterocycles. The fourth-order valence-electron chi connectivity index (χ4n) is 2.30. The van der Waals surface area contributed by atoms with Crippen LogP contribution in [-0.4, -0.2) is 0 Å². The first-order valence-electron chi connectivity index (χ1n) is 6.46. The number of hydrogen-bond acceptors (Lipinski definition) is 0. The largest absolute Gasteiger partial charge is 0.117 e. The van der Waals surface area contributed by atoms with Gasteiger partial charge in [-0.3, -0.25) is 0 Å². The van der Waals surface area contributed by atoms with Crippen molar-refractivity contribution in [3.8, 4) is 0 Å². The number of aryl methyl sites for hydroxylation is 2. The van der Waals surface area contributed by atoms with E-state index in [-0.39, 0.29) is 5.38 Å². The van der Waals surface area contributed by atoms with Crippen molar-refractivity contribution in [2.45, 2.75) is 32.1 Å². The number of benzene rings is 2. The van der Waals surface area contributed by atoms with E-state index in [9.17, 15) is 0 Å². The van der Waals surface area contributed by atoms with Crippen LogP contribution < -0.4 is 0 Å². The number of alkyl halides is 1. The zero-order chi connectivity index (χ0) is 14.0. The van der Waals surface area contributed by atoms with Crippen molar-refractivity contribution in [2.75, 3.05) is 0 Å². The summed E-state index contributed by atoms with van der Waals surface area (Å²) in [6.45, 7) is 6.40. The Kier molecular flexibility index (Phi) is 4.70. The number of rotatable bonds is 3. The van der Waals surface area contributed by atoms with Gasteiger partial charge < -0.3 is 0 Å². The quantitative estimate of drug-likeness (QED) is 0.589. The van der Waals surface area contributed by atoms with E-state index in [0.717, 1.165) is 4.47 Å². The van der Waals surface area contributed by atoms with Crippen LogP contribution in [-0.2, 0) is 0 Å². The van der Waals surface area contributed by atoms with Gasteiger partial charge in [0.15, 0.2) is 0 Å². The van der Waals surface area contributed by atoms with Gasteiger partial charge in [0.25, 0.3) is 0 Å². The van der Waals surface area contributed by atoms with Crippen LogP contribution in [0.2, 0.25) is 0 Å². The second kappa shape index (κ2) is 6.11. The second-order valence-electron chi connectivity index (χ2n) is 5.06. The lowest BCUT2D eigenvalue weighted by Gasteiger charge is -2.21. The fourth-order valence-corrected chi connectivity index (χ4v) is 3.13. The van der Waals surface area contributed by atoms with Gasteiger partial charge in [0, 0.05) is 10.4 Å². The molecule has 0 aliphatic carbocycles. The molecule has 0 aromatic heterocycles. The van der Waals surface area contributed by atoms with Crippen LogP contribution in [0.1, 0.15) is 40.5 Å². The molecule has 0 amide bonds. The van der Waals surface area contributed by atoms with E-state index in [1.54, 1.807) is 0 Å². The molecular formula is C17H18BrCl. The maximum absolute atomic E-state index is 6.71. The molecule has 2 atom stereocenters. The molecule has 0 heterocycles. The van der Waals surface area contributed by atoms with Gasteiger partial charge >= 0.3 is 0 Å². The van der Waals surface area contributed by atoms with E-state index in [1.165, 1.54) is 22.3 Å². The Balaban J connectivity index is 2.34. The molecule has 0 saturated heterocycles. The van der Waals surface area contributed by atoms with Crippen molar-refractivity contribution in [1.82, 2.24) is 0 Å². The van der Waals surface area contributed by atoms with E-state index in [1.807, 2.05) is 6.07 Å². The van der Waals surface area contributed by atoms with Crippen LogP contribution in [0.15, 0.2) is 46.9 Å². The Bertz CT molecular complexity index is 563. The van der Waals surface area contributed by atoms with Gasteiger partial charge in [-0.05, 0) is 42.2 Å². The van der Waals surface area contributed by atoms with E-state index < -0.39 is 0 Å². The SMILES string of the molecule is Cc1cc(C(Cl)C(C)c2ccccc2)c(C)cc1Br. The third-order valence-corrected chi connectivity index (χ3v) is 5.08. The molecule has 19 heavy (non-hydrogen) atoms. The summed E-state index contributed by atoms with van der Waals surface area (Å²) in [5.74, 6) is 0.294. The molecule has 0 bridgehead atoms. The molecule has 0 nitrogen and oxygen atoms in total. The Morgan fingerprint density at radius 2 is 1.63 bits per heavy atom. The molecule has 2 rings (SSSR count). The molecule has 0 radical (unpaired) electrons. The average molecular weight is 338 g/mol. The summed E-state index contributed by atoms with van der Waals surface area (Å²) in [6, 6.07) is 14.8. The lowest BCUT2D eigenvalue weighted by Crippen LogP contribution is -2.05. The van der Waals surface area contributed by atoms with Gasteiger partial charge in [-0.15, -0.1) is 11.6 Å². The van der Waals surface area contributed by atoms with Crippen LogP contribution in [0.25, 0.3) is 0 Å². The van der Waals surface area contributed by atoms with E-state index in [0.29, 0.717) is 5.92 Å². The highest BCUT2D eigenvalue weighted by Gasteiger charge is 2.20. The first-order valence-corrected chi connectivity index (χ1v) is 7.69. The third kappa shape index (κ3) is 3.21. The molecule has 0 fully saturated rings. The number of hydrogen-bond donors (Lipinski definition) is 0. The van der Waals surface area contributed by atoms with Crippen molar-refractivity contribution < 1.29 is 0 Å². The maximum Gasteiger partial charge on any atom is 0.0653 e. The highest BCUT2D eigenvalue weighted by molar-refractivity contribution is 9.10. The predicted molar refractivity (Wildman–Crippen MR) is 87.1 cm³/mol. The fraction of sp³-hybridized carbons (Fsp3) is 0.294. The molecule has 0 aliphatic rings. The van der Waals surface area contributed by atoms with Gasteiger partial charge in [0.05, 0.1) is 5.38 Å². The summed E-state index contributed by atoms with van der Waals surface area (Å²) in [5.41, 5.74) is 4.97. The molecule has 100 valence electrons. The van der Waals surface area contributed by atoms with E-state index >= 15 is 0 Å². The van der Waals surface area contributed by atoms with Crippen LogP contribution in [0.5, 0.6) is 0 Å². The second-order valence-corrected chi connectivity index (χ2v) is 6.38. The molecule has 0 spiro atoms. The molecule has 2 aromatic rings. The topological polar surface area (TPSA) is 0 Å². The molecule has 2 unspecified atom stereocenters. The molecule has 0 N–H and O–H groups in total. The maximum atomic E-state index is 6.71. The van der Waals surface area contributed by atoms with Crippen LogP contribution in [0, 0.1) is 13.8 Å². The monoisotopic (exact) mass is 336 g/mol. The van der Waals surface area contributed by atoms with Crippen molar-refractivity contribution in [1.29, 1.82) is 0 Å². The summed E-state index contributed by atoms with van der Waals surface area (Å²) >= 11 is 10.3. The summed E-state index contributed by atoms with van der Waals surface area (Å²) in [4.78, 5) is 0. The zero-order valence-corrected chi connectivity index (χ0v) is 13.8. The normalized spacial score (nSPS) is 14.2. The first kappa shape index (κ1) is 14.6. The third-order valence-electron chi connectivity index (χ3n) is 3.61. The smallest absolute Gasteiger partial charge is 0.0653 e. The van der Waals surface area contributed by atoms with Crippen molar-refractivity contribution in [2.24, 2.45) is 0 Å². The van der Waals surface area contributed by atoms with Crippen LogP contribution in [0.4, 0.5) is 0 Å². The minimum Gasteiger partial charge on any atom is -0.117 e. The minimum absolute atomic E-state index is 0.00537. The molecule has 2 heteroatoms. The highest BCUT2D eigenvalue weighted by atomic mass is 79.9. The summed E-state index contributed by atoms with van der Waals surface area (Å²) in [7, 11) is 0. The summed E-state index contributed by atoms with van der Waals surface area (Å²) in [6.07, 6.45) is 0. The van der Waals surface area contributed by atoms with Crippen LogP contribution in [0.3, 0.4) is 0 Å². The number of halogens is 2. The van der Waals surface area contributed by atoms with Gasteiger partial charge in [-0.1, -0.05) is 59.3 Å². The van der Waals surface area contributed by atoms with Crippen molar-refractivity contribution in [3.63, 3.8) is 0 Å². The Hall–Kier alpha value is -0.790. The lowest BCUT2D eigenvalue weighted by atomic mass is 9.90. The van der Waals surface area contributed by atoms with Gasteiger partial charge in [0.2, 0.25) is 0 Å². The molecular weight excluding hydrogens is 320 g/mol. The average Bonchev–Trinajstić information content (AvgIpc) is 2.42. The zero-order valence-electron chi connectivity index (χ0n) is 11.5. The highest BCUT2D eigenvalue weighted by Crippen LogP contribution is 2.38.